The summed E-state index contributed by atoms with van der Waals surface area (Å²) in [6.07, 6.45) is 2.11. The number of aliphatic hydroxyl groups excluding tert-OH is 1. The van der Waals surface area contributed by atoms with Crippen molar-refractivity contribution in [1.29, 1.82) is 0 Å². The Hall–Kier alpha value is -1.13. The first-order valence-electron chi connectivity index (χ1n) is 7.04. The van der Waals surface area contributed by atoms with Crippen LogP contribution in [0.5, 0.6) is 0 Å². The average molecular weight is 265 g/mol. The molecule has 0 spiro atoms. The molecule has 4 nitrogen and oxygen atoms in total. The molecule has 1 rings (SSSR count). The average Bonchev–Trinajstić information content (AvgIpc) is 2.38. The standard InChI is InChI=1S/C15H27N3O/c1-6-15(19)14-9-8-13(10-16-14)18(7-2)12(3)11-17(4)5/h8-10,12,15,19H,6-7,11H2,1-5H3/t12?,15-/m0/s1. The van der Waals surface area contributed by atoms with Crippen LogP contribution in [-0.4, -0.2) is 48.2 Å². The molecule has 1 aromatic rings. The molecule has 0 saturated carbocycles. The van der Waals surface area contributed by atoms with Gasteiger partial charge in [0.15, 0.2) is 0 Å². The highest BCUT2D eigenvalue weighted by atomic mass is 16.3. The summed E-state index contributed by atoms with van der Waals surface area (Å²) in [5.41, 5.74) is 1.87. The zero-order valence-corrected chi connectivity index (χ0v) is 12.8. The topological polar surface area (TPSA) is 39.6 Å². The number of aliphatic hydroxyl groups is 1. The summed E-state index contributed by atoms with van der Waals surface area (Å²) >= 11 is 0. The Bertz CT molecular complexity index is 364. The van der Waals surface area contributed by atoms with E-state index in [1.807, 2.05) is 19.2 Å². The Kier molecular flexibility index (Phi) is 6.25. The van der Waals surface area contributed by atoms with Gasteiger partial charge in [-0.25, -0.2) is 0 Å². The first-order chi connectivity index (χ1) is 8.99. The molecule has 1 heterocycles. The van der Waals surface area contributed by atoms with Gasteiger partial charge in [0.05, 0.1) is 23.7 Å². The Morgan fingerprint density at radius 1 is 1.26 bits per heavy atom. The van der Waals surface area contributed by atoms with E-state index >= 15 is 0 Å². The number of pyridine rings is 1. The molecule has 0 fully saturated rings. The van der Waals surface area contributed by atoms with Gasteiger partial charge in [-0.05, 0) is 46.5 Å². The van der Waals surface area contributed by atoms with Crippen LogP contribution in [0.3, 0.4) is 0 Å². The van der Waals surface area contributed by atoms with Crippen LogP contribution in [0.4, 0.5) is 5.69 Å². The fourth-order valence-electron chi connectivity index (χ4n) is 2.35. The molecule has 0 aliphatic carbocycles. The summed E-state index contributed by atoms with van der Waals surface area (Å²) in [6.45, 7) is 8.29. The highest BCUT2D eigenvalue weighted by Gasteiger charge is 2.14. The molecule has 0 aliphatic rings. The van der Waals surface area contributed by atoms with Crippen molar-refractivity contribution in [2.45, 2.75) is 39.3 Å². The van der Waals surface area contributed by atoms with Crippen molar-refractivity contribution in [3.05, 3.63) is 24.0 Å². The van der Waals surface area contributed by atoms with E-state index in [0.717, 1.165) is 24.5 Å². The van der Waals surface area contributed by atoms with Gasteiger partial charge >= 0.3 is 0 Å². The summed E-state index contributed by atoms with van der Waals surface area (Å²) in [7, 11) is 4.17. The van der Waals surface area contributed by atoms with Crippen molar-refractivity contribution in [3.63, 3.8) is 0 Å². The van der Waals surface area contributed by atoms with Crippen LogP contribution in [0.15, 0.2) is 18.3 Å². The predicted molar refractivity (Wildman–Crippen MR) is 80.5 cm³/mol. The fourth-order valence-corrected chi connectivity index (χ4v) is 2.35. The van der Waals surface area contributed by atoms with Crippen molar-refractivity contribution in [1.82, 2.24) is 9.88 Å². The molecule has 0 amide bonds. The minimum Gasteiger partial charge on any atom is -0.387 e. The third-order valence-corrected chi connectivity index (χ3v) is 3.33. The van der Waals surface area contributed by atoms with Crippen LogP contribution in [0, 0.1) is 0 Å². The van der Waals surface area contributed by atoms with Gasteiger partial charge in [0.2, 0.25) is 0 Å². The van der Waals surface area contributed by atoms with Gasteiger partial charge < -0.3 is 14.9 Å². The molecule has 4 heteroatoms. The van der Waals surface area contributed by atoms with Crippen LogP contribution in [0.1, 0.15) is 39.0 Å². The van der Waals surface area contributed by atoms with Gasteiger partial charge in [0, 0.05) is 19.1 Å². The number of anilines is 1. The van der Waals surface area contributed by atoms with E-state index in [-0.39, 0.29) is 0 Å². The van der Waals surface area contributed by atoms with Crippen molar-refractivity contribution >= 4 is 5.69 Å². The summed E-state index contributed by atoms with van der Waals surface area (Å²) in [6, 6.07) is 4.41. The maximum absolute atomic E-state index is 9.76. The monoisotopic (exact) mass is 265 g/mol. The lowest BCUT2D eigenvalue weighted by molar-refractivity contribution is 0.169. The number of hydrogen-bond acceptors (Lipinski definition) is 4. The number of hydrogen-bond donors (Lipinski definition) is 1. The number of likely N-dealkylation sites (N-methyl/N-ethyl adjacent to an activating group) is 2. The summed E-state index contributed by atoms with van der Waals surface area (Å²) in [5.74, 6) is 0. The smallest absolute Gasteiger partial charge is 0.0957 e. The molecular weight excluding hydrogens is 238 g/mol. The van der Waals surface area contributed by atoms with E-state index < -0.39 is 6.10 Å². The normalized spacial score (nSPS) is 14.5. The Labute approximate surface area is 117 Å². The number of aromatic nitrogens is 1. The highest BCUT2D eigenvalue weighted by Crippen LogP contribution is 2.20. The van der Waals surface area contributed by atoms with Crippen molar-refractivity contribution in [2.24, 2.45) is 0 Å². The van der Waals surface area contributed by atoms with Gasteiger partial charge in [-0.2, -0.15) is 0 Å². The zero-order valence-electron chi connectivity index (χ0n) is 12.8. The second-order valence-electron chi connectivity index (χ2n) is 5.26. The fraction of sp³-hybridized carbons (Fsp3) is 0.667. The van der Waals surface area contributed by atoms with Crippen LogP contribution < -0.4 is 4.90 Å². The van der Waals surface area contributed by atoms with Crippen molar-refractivity contribution < 1.29 is 5.11 Å². The molecular formula is C15H27N3O. The van der Waals surface area contributed by atoms with Crippen LogP contribution in [0.2, 0.25) is 0 Å². The Morgan fingerprint density at radius 3 is 2.37 bits per heavy atom. The Balaban J connectivity index is 2.81. The van der Waals surface area contributed by atoms with E-state index in [0.29, 0.717) is 12.5 Å². The van der Waals surface area contributed by atoms with Crippen LogP contribution in [0.25, 0.3) is 0 Å². The Morgan fingerprint density at radius 2 is 1.95 bits per heavy atom. The minimum absolute atomic E-state index is 0.434. The van der Waals surface area contributed by atoms with Crippen molar-refractivity contribution in [3.8, 4) is 0 Å². The molecule has 1 aromatic heterocycles. The second-order valence-corrected chi connectivity index (χ2v) is 5.26. The maximum Gasteiger partial charge on any atom is 0.0957 e. The molecule has 0 bridgehead atoms. The van der Waals surface area contributed by atoms with Gasteiger partial charge in [0.25, 0.3) is 0 Å². The summed E-state index contributed by atoms with van der Waals surface area (Å²) in [4.78, 5) is 8.89. The van der Waals surface area contributed by atoms with E-state index in [4.69, 9.17) is 0 Å². The molecule has 19 heavy (non-hydrogen) atoms. The third-order valence-electron chi connectivity index (χ3n) is 3.33. The largest absolute Gasteiger partial charge is 0.387 e. The first-order valence-corrected chi connectivity index (χ1v) is 7.04. The molecule has 108 valence electrons. The molecule has 2 atom stereocenters. The number of rotatable bonds is 7. The maximum atomic E-state index is 9.76. The highest BCUT2D eigenvalue weighted by molar-refractivity contribution is 5.45. The summed E-state index contributed by atoms with van der Waals surface area (Å²) < 4.78 is 0. The van der Waals surface area contributed by atoms with Crippen LogP contribution >= 0.6 is 0 Å². The van der Waals surface area contributed by atoms with Gasteiger partial charge in [-0.3, -0.25) is 4.98 Å². The van der Waals surface area contributed by atoms with E-state index in [9.17, 15) is 5.11 Å². The van der Waals surface area contributed by atoms with Crippen LogP contribution in [-0.2, 0) is 0 Å². The zero-order chi connectivity index (χ0) is 14.4. The molecule has 1 unspecified atom stereocenters. The lowest BCUT2D eigenvalue weighted by Crippen LogP contribution is -2.40. The molecule has 0 aliphatic heterocycles. The van der Waals surface area contributed by atoms with E-state index in [1.54, 1.807) is 0 Å². The van der Waals surface area contributed by atoms with E-state index in [2.05, 4.69) is 48.8 Å². The molecule has 1 N–H and O–H groups in total. The molecule has 0 aromatic carbocycles. The third kappa shape index (κ3) is 4.48. The summed E-state index contributed by atoms with van der Waals surface area (Å²) in [5, 5.41) is 9.76. The predicted octanol–water partition coefficient (Wildman–Crippen LogP) is 2.30. The second kappa shape index (κ2) is 7.46. The number of nitrogens with zero attached hydrogens (tertiary/aromatic N) is 3. The molecule has 0 saturated heterocycles. The minimum atomic E-state index is -0.455. The van der Waals surface area contributed by atoms with Gasteiger partial charge in [-0.15, -0.1) is 0 Å². The van der Waals surface area contributed by atoms with Gasteiger partial charge in [0.1, 0.15) is 0 Å². The SMILES string of the molecule is CC[C@H](O)c1ccc(N(CC)C(C)CN(C)C)cn1. The van der Waals surface area contributed by atoms with Crippen molar-refractivity contribution in [2.75, 3.05) is 32.1 Å². The van der Waals surface area contributed by atoms with E-state index in [1.165, 1.54) is 0 Å². The lowest BCUT2D eigenvalue weighted by atomic mass is 10.1. The molecule has 0 radical (unpaired) electrons. The quantitative estimate of drug-likeness (QED) is 0.821. The van der Waals surface area contributed by atoms with Gasteiger partial charge in [-0.1, -0.05) is 6.92 Å². The lowest BCUT2D eigenvalue weighted by Gasteiger charge is -2.32. The first kappa shape index (κ1) is 15.9.